The number of rotatable bonds is 4. The number of benzene rings is 2. The Morgan fingerprint density at radius 3 is 2.43 bits per heavy atom. The second kappa shape index (κ2) is 7.46. The predicted octanol–water partition coefficient (Wildman–Crippen LogP) is 3.51. The van der Waals surface area contributed by atoms with Crippen molar-refractivity contribution in [3.63, 3.8) is 0 Å². The molecule has 0 radical (unpaired) electrons. The van der Waals surface area contributed by atoms with Crippen LogP contribution in [0.4, 0.5) is 18.9 Å². The summed E-state index contributed by atoms with van der Waals surface area (Å²) in [5.74, 6) is -0.919. The van der Waals surface area contributed by atoms with Gasteiger partial charge in [-0.15, -0.1) is 0 Å². The summed E-state index contributed by atoms with van der Waals surface area (Å²) < 4.78 is 64.4. The van der Waals surface area contributed by atoms with Crippen molar-refractivity contribution in [3.8, 4) is 0 Å². The summed E-state index contributed by atoms with van der Waals surface area (Å²) in [4.78, 5) is 11.8. The summed E-state index contributed by atoms with van der Waals surface area (Å²) in [6, 6.07) is 11.9. The molecule has 5 nitrogen and oxygen atoms in total. The van der Waals surface area contributed by atoms with Gasteiger partial charge < -0.3 is 5.32 Å². The summed E-state index contributed by atoms with van der Waals surface area (Å²) >= 11 is 0. The van der Waals surface area contributed by atoms with Gasteiger partial charge in [-0.25, -0.2) is 8.42 Å². The molecule has 2 aromatic rings. The van der Waals surface area contributed by atoms with Crippen molar-refractivity contribution in [2.75, 3.05) is 10.8 Å². The van der Waals surface area contributed by atoms with E-state index in [4.69, 9.17) is 0 Å². The van der Waals surface area contributed by atoms with Crippen LogP contribution in [0, 0.1) is 0 Å². The van der Waals surface area contributed by atoms with E-state index in [1.54, 1.807) is 17.4 Å². The normalized spacial score (nSPS) is 17.1. The van der Waals surface area contributed by atoms with Crippen LogP contribution in [0.2, 0.25) is 0 Å². The van der Waals surface area contributed by atoms with Crippen LogP contribution in [0.5, 0.6) is 0 Å². The maximum absolute atomic E-state index is 13.2. The fourth-order valence-corrected chi connectivity index (χ4v) is 4.92. The zero-order chi connectivity index (χ0) is 20.5. The van der Waals surface area contributed by atoms with Crippen molar-refractivity contribution in [2.45, 2.75) is 36.9 Å². The zero-order valence-electron chi connectivity index (χ0n) is 15.0. The number of nitrogens with zero attached hydrogens (tertiary/aromatic N) is 1. The molecule has 2 aromatic carbocycles. The van der Waals surface area contributed by atoms with Gasteiger partial charge >= 0.3 is 6.18 Å². The first kappa shape index (κ1) is 20.2. The lowest BCUT2D eigenvalue weighted by Gasteiger charge is -2.36. The zero-order valence-corrected chi connectivity index (χ0v) is 15.8. The molecule has 9 heteroatoms. The molecule has 0 bridgehead atoms. The Labute approximate surface area is 161 Å². The molecule has 3 rings (SSSR count). The molecule has 1 amide bonds. The van der Waals surface area contributed by atoms with Crippen LogP contribution in [0.25, 0.3) is 0 Å². The Morgan fingerprint density at radius 2 is 1.79 bits per heavy atom. The van der Waals surface area contributed by atoms with E-state index in [0.717, 1.165) is 12.0 Å². The number of halogens is 3. The van der Waals surface area contributed by atoms with E-state index in [1.165, 1.54) is 28.6 Å². The topological polar surface area (TPSA) is 66.5 Å². The van der Waals surface area contributed by atoms with Crippen LogP contribution in [0.3, 0.4) is 0 Å². The van der Waals surface area contributed by atoms with Crippen molar-refractivity contribution in [2.24, 2.45) is 0 Å². The quantitative estimate of drug-likeness (QED) is 0.836. The Morgan fingerprint density at radius 1 is 1.14 bits per heavy atom. The Hall–Kier alpha value is -2.55. The molecule has 0 saturated heterocycles. The van der Waals surface area contributed by atoms with Crippen LogP contribution in [0.15, 0.2) is 53.4 Å². The molecule has 0 unspecified atom stereocenters. The molecule has 28 heavy (non-hydrogen) atoms. The summed E-state index contributed by atoms with van der Waals surface area (Å²) in [6.45, 7) is 0.375. The van der Waals surface area contributed by atoms with Crippen LogP contribution < -0.4 is 9.62 Å². The Bertz CT molecular complexity index is 973. The molecule has 0 saturated carbocycles. The minimum absolute atomic E-state index is 0.0246. The van der Waals surface area contributed by atoms with Gasteiger partial charge in [-0.1, -0.05) is 18.2 Å². The fourth-order valence-electron chi connectivity index (χ4n) is 3.20. The third-order valence-electron chi connectivity index (χ3n) is 4.58. The first-order chi connectivity index (χ1) is 13.1. The summed E-state index contributed by atoms with van der Waals surface area (Å²) in [5.41, 5.74) is 1.51. The van der Waals surface area contributed by atoms with Crippen LogP contribution >= 0.6 is 0 Å². The molecular formula is C19H19F3N2O3S. The largest absolute Gasteiger partial charge is 0.405 e. The Kier molecular flexibility index (Phi) is 5.38. The number of aryl methyl sites for hydroxylation is 1. The molecule has 0 aromatic heterocycles. The standard InChI is InChI=1S/C19H19F3N2O3S/c1-13-6-7-14-4-2-3-5-17(14)24(13)28(26,27)16-10-8-15(9-11-16)18(25)23-12-19(20,21)22/h2-5,8-11,13H,6-7,12H2,1H3,(H,23,25)/t13-/m0/s1. The maximum Gasteiger partial charge on any atom is 0.405 e. The first-order valence-corrected chi connectivity index (χ1v) is 10.1. The van der Waals surface area contributed by atoms with E-state index in [0.29, 0.717) is 12.1 Å². The number of alkyl halides is 3. The van der Waals surface area contributed by atoms with Crippen LogP contribution in [-0.4, -0.2) is 33.1 Å². The lowest BCUT2D eigenvalue weighted by molar-refractivity contribution is -0.123. The van der Waals surface area contributed by atoms with Crippen molar-refractivity contribution >= 4 is 21.6 Å². The Balaban J connectivity index is 1.86. The van der Waals surface area contributed by atoms with Crippen molar-refractivity contribution in [3.05, 3.63) is 59.7 Å². The number of hydrogen-bond acceptors (Lipinski definition) is 3. The lowest BCUT2D eigenvalue weighted by atomic mass is 9.99. The third-order valence-corrected chi connectivity index (χ3v) is 6.53. The average Bonchev–Trinajstić information content (AvgIpc) is 2.65. The number of fused-ring (bicyclic) bond motifs is 1. The summed E-state index contributed by atoms with van der Waals surface area (Å²) in [6.07, 6.45) is -3.06. The smallest absolute Gasteiger partial charge is 0.343 e. The minimum Gasteiger partial charge on any atom is -0.343 e. The number of anilines is 1. The first-order valence-electron chi connectivity index (χ1n) is 8.67. The summed E-state index contributed by atoms with van der Waals surface area (Å²) in [7, 11) is -3.88. The highest BCUT2D eigenvalue weighted by atomic mass is 32.2. The molecule has 0 fully saturated rings. The second-order valence-corrected chi connectivity index (χ2v) is 8.45. The van der Waals surface area contributed by atoms with Crippen molar-refractivity contribution in [1.29, 1.82) is 0 Å². The van der Waals surface area contributed by atoms with Gasteiger partial charge in [0.2, 0.25) is 0 Å². The molecule has 1 N–H and O–H groups in total. The SMILES string of the molecule is C[C@H]1CCc2ccccc2N1S(=O)(=O)c1ccc(C(=O)NCC(F)(F)F)cc1. The van der Waals surface area contributed by atoms with Gasteiger partial charge in [0.1, 0.15) is 6.54 Å². The molecular weight excluding hydrogens is 393 g/mol. The van der Waals surface area contributed by atoms with Gasteiger partial charge in [0.15, 0.2) is 0 Å². The molecule has 0 spiro atoms. The summed E-state index contributed by atoms with van der Waals surface area (Å²) in [5, 5.41) is 1.76. The highest BCUT2D eigenvalue weighted by Gasteiger charge is 2.33. The minimum atomic E-state index is -4.52. The molecule has 1 aliphatic heterocycles. The molecule has 1 aliphatic rings. The maximum atomic E-state index is 13.2. The van der Waals surface area contributed by atoms with Gasteiger partial charge in [0.05, 0.1) is 10.6 Å². The number of nitrogens with one attached hydrogen (secondary N) is 1. The fraction of sp³-hybridized carbons (Fsp3) is 0.316. The van der Waals surface area contributed by atoms with Gasteiger partial charge in [-0.2, -0.15) is 13.2 Å². The van der Waals surface area contributed by atoms with E-state index in [9.17, 15) is 26.4 Å². The number of carbonyl (C=O) groups is 1. The molecule has 1 atom stereocenters. The number of amides is 1. The van der Waals surface area contributed by atoms with E-state index in [1.807, 2.05) is 19.1 Å². The van der Waals surface area contributed by atoms with E-state index < -0.39 is 28.7 Å². The number of hydrogen-bond donors (Lipinski definition) is 1. The van der Waals surface area contributed by atoms with Gasteiger partial charge in [-0.05, 0) is 55.7 Å². The molecule has 150 valence electrons. The second-order valence-electron chi connectivity index (χ2n) is 6.64. The van der Waals surface area contributed by atoms with Crippen molar-refractivity contribution in [1.82, 2.24) is 5.32 Å². The van der Waals surface area contributed by atoms with Gasteiger partial charge in [-0.3, -0.25) is 9.10 Å². The number of para-hydroxylation sites is 1. The average molecular weight is 412 g/mol. The van der Waals surface area contributed by atoms with Gasteiger partial charge in [0.25, 0.3) is 15.9 Å². The monoisotopic (exact) mass is 412 g/mol. The lowest BCUT2D eigenvalue weighted by Crippen LogP contribution is -2.42. The highest BCUT2D eigenvalue weighted by molar-refractivity contribution is 7.92. The third kappa shape index (κ3) is 4.14. The van der Waals surface area contributed by atoms with E-state index >= 15 is 0 Å². The molecule has 0 aliphatic carbocycles. The number of sulfonamides is 1. The van der Waals surface area contributed by atoms with Gasteiger partial charge in [0, 0.05) is 11.6 Å². The van der Waals surface area contributed by atoms with E-state index in [2.05, 4.69) is 0 Å². The van der Waals surface area contributed by atoms with Crippen molar-refractivity contribution < 1.29 is 26.4 Å². The van der Waals surface area contributed by atoms with Crippen LogP contribution in [0.1, 0.15) is 29.3 Å². The van der Waals surface area contributed by atoms with E-state index in [-0.39, 0.29) is 16.5 Å². The number of carbonyl (C=O) groups excluding carboxylic acids is 1. The predicted molar refractivity (Wildman–Crippen MR) is 98.7 cm³/mol. The van der Waals surface area contributed by atoms with Crippen LogP contribution in [-0.2, 0) is 16.4 Å². The highest BCUT2D eigenvalue weighted by Crippen LogP contribution is 2.35. The molecule has 1 heterocycles.